The first-order chi connectivity index (χ1) is 15.4. The van der Waals surface area contributed by atoms with Crippen molar-refractivity contribution >= 4 is 44.7 Å². The van der Waals surface area contributed by atoms with Crippen LogP contribution in [0.3, 0.4) is 0 Å². The fourth-order valence-electron chi connectivity index (χ4n) is 3.42. The second-order valence-corrected chi connectivity index (χ2v) is 8.49. The second-order valence-electron chi connectivity index (χ2n) is 7.49. The highest BCUT2D eigenvalue weighted by molar-refractivity contribution is 7.20. The molecule has 32 heavy (non-hydrogen) atoms. The molecule has 2 aromatic carbocycles. The Balaban J connectivity index is 1.65. The normalized spacial score (nSPS) is 11.8. The van der Waals surface area contributed by atoms with Crippen molar-refractivity contribution in [3.63, 3.8) is 0 Å². The van der Waals surface area contributed by atoms with Gasteiger partial charge in [0, 0.05) is 11.4 Å². The number of aromatic nitrogens is 2. The van der Waals surface area contributed by atoms with Gasteiger partial charge in [-0.1, -0.05) is 36.4 Å². The number of nitrogens with zero attached hydrogens (tertiary/aromatic N) is 2. The molecule has 2 amide bonds. The Morgan fingerprint density at radius 3 is 2.41 bits per heavy atom. The van der Waals surface area contributed by atoms with Crippen molar-refractivity contribution in [2.75, 3.05) is 10.6 Å². The van der Waals surface area contributed by atoms with E-state index in [-0.39, 0.29) is 17.4 Å². The maximum atomic E-state index is 13.2. The van der Waals surface area contributed by atoms with Gasteiger partial charge in [-0.15, -0.1) is 11.3 Å². The predicted octanol–water partition coefficient (Wildman–Crippen LogP) is 4.53. The molecule has 0 radical (unpaired) electrons. The minimum absolute atomic E-state index is 0.291. The van der Waals surface area contributed by atoms with E-state index >= 15 is 0 Å². The standard InChI is InChI=1S/C24H22N4O3S/c1-14-9-7-8-12-18(14)27-22(30)20-15(2)19-23(32-20)25-13-28(24(19)31)16(3)21(29)26-17-10-5-4-6-11-17/h4-13,16H,1-3H3,(H,26,29)(H,27,30)/t16-/m0/s1. The first-order valence-corrected chi connectivity index (χ1v) is 10.9. The molecule has 0 saturated heterocycles. The maximum Gasteiger partial charge on any atom is 0.266 e. The summed E-state index contributed by atoms with van der Waals surface area (Å²) >= 11 is 1.17. The van der Waals surface area contributed by atoms with Gasteiger partial charge in [-0.2, -0.15) is 0 Å². The van der Waals surface area contributed by atoms with Gasteiger partial charge in [-0.05, 0) is 50.1 Å². The van der Waals surface area contributed by atoms with E-state index in [2.05, 4.69) is 15.6 Å². The van der Waals surface area contributed by atoms with Crippen molar-refractivity contribution in [3.8, 4) is 0 Å². The molecule has 0 unspecified atom stereocenters. The van der Waals surface area contributed by atoms with Crippen LogP contribution in [0.4, 0.5) is 11.4 Å². The molecule has 0 aliphatic rings. The lowest BCUT2D eigenvalue weighted by Gasteiger charge is -2.15. The summed E-state index contributed by atoms with van der Waals surface area (Å²) in [5, 5.41) is 6.05. The fourth-order valence-corrected chi connectivity index (χ4v) is 4.45. The van der Waals surface area contributed by atoms with Gasteiger partial charge >= 0.3 is 0 Å². The summed E-state index contributed by atoms with van der Waals surface area (Å²) in [5.41, 5.74) is 2.51. The summed E-state index contributed by atoms with van der Waals surface area (Å²) in [6, 6.07) is 15.8. The average molecular weight is 447 g/mol. The third kappa shape index (κ3) is 4.04. The Bertz CT molecular complexity index is 1380. The number of benzene rings is 2. The van der Waals surface area contributed by atoms with Gasteiger partial charge in [0.15, 0.2) is 0 Å². The Kier molecular flexibility index (Phi) is 5.87. The number of rotatable bonds is 5. The van der Waals surface area contributed by atoms with Crippen LogP contribution < -0.4 is 16.2 Å². The van der Waals surface area contributed by atoms with Crippen molar-refractivity contribution in [2.45, 2.75) is 26.8 Å². The van der Waals surface area contributed by atoms with E-state index in [4.69, 9.17) is 0 Å². The van der Waals surface area contributed by atoms with Crippen molar-refractivity contribution in [1.29, 1.82) is 0 Å². The topological polar surface area (TPSA) is 93.1 Å². The van der Waals surface area contributed by atoms with Crippen molar-refractivity contribution in [3.05, 3.63) is 87.3 Å². The van der Waals surface area contributed by atoms with Crippen LogP contribution in [0.2, 0.25) is 0 Å². The third-order valence-corrected chi connectivity index (χ3v) is 6.51. The highest BCUT2D eigenvalue weighted by atomic mass is 32.1. The number of fused-ring (bicyclic) bond motifs is 1. The lowest BCUT2D eigenvalue weighted by Crippen LogP contribution is -2.31. The van der Waals surface area contributed by atoms with Crippen LogP contribution in [0.5, 0.6) is 0 Å². The number of amides is 2. The first-order valence-electron chi connectivity index (χ1n) is 10.1. The van der Waals surface area contributed by atoms with Gasteiger partial charge in [0.25, 0.3) is 11.5 Å². The fraction of sp³-hybridized carbons (Fsp3) is 0.167. The van der Waals surface area contributed by atoms with Crippen molar-refractivity contribution in [2.24, 2.45) is 0 Å². The smallest absolute Gasteiger partial charge is 0.266 e. The number of hydrogen-bond acceptors (Lipinski definition) is 5. The van der Waals surface area contributed by atoms with E-state index < -0.39 is 6.04 Å². The number of thiophene rings is 1. The van der Waals surface area contributed by atoms with E-state index in [0.29, 0.717) is 32.0 Å². The average Bonchev–Trinajstić information content (AvgIpc) is 3.13. The van der Waals surface area contributed by atoms with Crippen LogP contribution in [0.1, 0.15) is 33.8 Å². The molecule has 0 fully saturated rings. The van der Waals surface area contributed by atoms with Gasteiger partial charge in [-0.25, -0.2) is 4.98 Å². The lowest BCUT2D eigenvalue weighted by atomic mass is 10.1. The molecule has 0 bridgehead atoms. The van der Waals surface area contributed by atoms with Crippen LogP contribution in [-0.2, 0) is 4.79 Å². The van der Waals surface area contributed by atoms with E-state index in [1.807, 2.05) is 49.4 Å². The van der Waals surface area contributed by atoms with E-state index in [0.717, 1.165) is 5.56 Å². The summed E-state index contributed by atoms with van der Waals surface area (Å²) in [6.45, 7) is 5.28. The molecule has 0 aliphatic carbocycles. The SMILES string of the molecule is Cc1ccccc1NC(=O)c1sc2ncn([C@@H](C)C(=O)Nc3ccccc3)c(=O)c2c1C. The molecular formula is C24H22N4O3S. The molecule has 2 N–H and O–H groups in total. The first kappa shape index (κ1) is 21.5. The zero-order chi connectivity index (χ0) is 22.8. The molecule has 0 saturated carbocycles. The molecule has 8 heteroatoms. The van der Waals surface area contributed by atoms with Gasteiger partial charge in [0.2, 0.25) is 5.91 Å². The van der Waals surface area contributed by atoms with Gasteiger partial charge < -0.3 is 10.6 Å². The molecule has 0 spiro atoms. The Labute approximate surface area is 188 Å². The van der Waals surface area contributed by atoms with Crippen molar-refractivity contribution < 1.29 is 9.59 Å². The van der Waals surface area contributed by atoms with E-state index in [1.54, 1.807) is 26.0 Å². The third-order valence-electron chi connectivity index (χ3n) is 5.31. The van der Waals surface area contributed by atoms with Crippen LogP contribution in [0, 0.1) is 13.8 Å². The van der Waals surface area contributed by atoms with Crippen LogP contribution in [-0.4, -0.2) is 21.4 Å². The molecule has 162 valence electrons. The quantitative estimate of drug-likeness (QED) is 0.471. The zero-order valence-corrected chi connectivity index (χ0v) is 18.7. The monoisotopic (exact) mass is 446 g/mol. The largest absolute Gasteiger partial charge is 0.324 e. The molecular weight excluding hydrogens is 424 g/mol. The number of nitrogens with one attached hydrogen (secondary N) is 2. The molecule has 1 atom stereocenters. The van der Waals surface area contributed by atoms with Crippen molar-refractivity contribution in [1.82, 2.24) is 9.55 Å². The second kappa shape index (κ2) is 8.76. The predicted molar refractivity (Wildman–Crippen MR) is 128 cm³/mol. The van der Waals surface area contributed by atoms with Crippen LogP contribution >= 0.6 is 11.3 Å². The number of para-hydroxylation sites is 2. The Morgan fingerprint density at radius 2 is 1.69 bits per heavy atom. The zero-order valence-electron chi connectivity index (χ0n) is 17.9. The summed E-state index contributed by atoms with van der Waals surface area (Å²) in [7, 11) is 0. The summed E-state index contributed by atoms with van der Waals surface area (Å²) in [6.07, 6.45) is 1.36. The van der Waals surface area contributed by atoms with E-state index in [9.17, 15) is 14.4 Å². The van der Waals surface area contributed by atoms with Gasteiger partial charge in [0.05, 0.1) is 16.6 Å². The van der Waals surface area contributed by atoms with Crippen LogP contribution in [0.25, 0.3) is 10.2 Å². The van der Waals surface area contributed by atoms with Gasteiger partial charge in [-0.3, -0.25) is 19.0 Å². The minimum Gasteiger partial charge on any atom is -0.324 e. The molecule has 4 rings (SSSR count). The number of anilines is 2. The Morgan fingerprint density at radius 1 is 1.00 bits per heavy atom. The van der Waals surface area contributed by atoms with Gasteiger partial charge in [0.1, 0.15) is 10.9 Å². The van der Waals surface area contributed by atoms with E-state index in [1.165, 1.54) is 22.2 Å². The summed E-state index contributed by atoms with van der Waals surface area (Å²) in [4.78, 5) is 44.0. The Hall–Kier alpha value is -3.78. The molecule has 0 aliphatic heterocycles. The molecule has 7 nitrogen and oxygen atoms in total. The minimum atomic E-state index is -0.775. The molecule has 2 heterocycles. The number of carbonyl (C=O) groups is 2. The highest BCUT2D eigenvalue weighted by Gasteiger charge is 2.23. The molecule has 2 aromatic heterocycles. The summed E-state index contributed by atoms with van der Waals surface area (Å²) in [5.74, 6) is -0.620. The molecule has 4 aromatic rings. The summed E-state index contributed by atoms with van der Waals surface area (Å²) < 4.78 is 1.29. The maximum absolute atomic E-state index is 13.2. The number of aryl methyl sites for hydroxylation is 2. The number of hydrogen-bond donors (Lipinski definition) is 2. The lowest BCUT2D eigenvalue weighted by molar-refractivity contribution is -0.118. The number of carbonyl (C=O) groups excluding carboxylic acids is 2. The highest BCUT2D eigenvalue weighted by Crippen LogP contribution is 2.28. The van der Waals surface area contributed by atoms with Crippen LogP contribution in [0.15, 0.2) is 65.7 Å².